The van der Waals surface area contributed by atoms with E-state index in [2.05, 4.69) is 104 Å². The number of aromatic nitrogens is 6. The third-order valence-electron chi connectivity index (χ3n) is 22.5. The molecule has 4 aromatic rings. The molecule has 0 unspecified atom stereocenters. The van der Waals surface area contributed by atoms with Gasteiger partial charge in [-0.3, -0.25) is 86.9 Å². The maximum Gasteiger partial charge on any atom is 0.336 e. The van der Waals surface area contributed by atoms with Crippen molar-refractivity contribution in [2.45, 2.75) is 261 Å². The number of guanidine groups is 1. The molecule has 140 heavy (non-hydrogen) atoms. The Labute approximate surface area is 809 Å². The predicted octanol–water partition coefficient (Wildman–Crippen LogP) is -5.62. The smallest absolute Gasteiger partial charge is 0.336 e. The summed E-state index contributed by atoms with van der Waals surface area (Å²) in [7, 11) is 0. The summed E-state index contributed by atoms with van der Waals surface area (Å²) >= 11 is 1.12. The van der Waals surface area contributed by atoms with Crippen LogP contribution in [0.1, 0.15) is 179 Å². The van der Waals surface area contributed by atoms with Crippen LogP contribution in [0, 0.1) is 23.2 Å². The molecule has 1 aromatic carbocycles. The van der Waals surface area contributed by atoms with Crippen molar-refractivity contribution < 1.29 is 121 Å². The van der Waals surface area contributed by atoms with Gasteiger partial charge in [-0.15, -0.1) is 0 Å². The third kappa shape index (κ3) is 37.0. The number of amides is 15. The average molecular weight is 1990 g/mol. The lowest BCUT2D eigenvalue weighted by atomic mass is 9.99. The molecule has 15 amide bonds. The second-order valence-electron chi connectivity index (χ2n) is 34.8. The highest BCUT2D eigenvalue weighted by atomic mass is 32.2. The highest BCUT2D eigenvalue weighted by Gasteiger charge is 2.45. The Hall–Kier alpha value is -14.1. The van der Waals surface area contributed by atoms with Gasteiger partial charge in [0.15, 0.2) is 23.4 Å². The van der Waals surface area contributed by atoms with Gasteiger partial charge in [0.05, 0.1) is 19.1 Å². The van der Waals surface area contributed by atoms with Crippen molar-refractivity contribution in [2.75, 3.05) is 57.1 Å². The topological polar surface area (TPSA) is 818 Å². The predicted molar refractivity (Wildman–Crippen MR) is 500 cm³/mol. The first-order chi connectivity index (χ1) is 66.5. The molecular formula is C87H131N27O25S. The lowest BCUT2D eigenvalue weighted by Crippen LogP contribution is -2.62. The number of aromatic hydroxyl groups is 1. The number of H-pyrrole nitrogens is 1. The fraction of sp³-hybridized carbons (Fsp3) is 0.598. The standard InChI is InChI=1S/C87H131N27O25S/c1-44(2)34-53(103-73(124)54(36-47-18-9-8-10-19-47)104-70(121)51(25-28-64(118)119)101-69(120)49(20-11-13-29-88)100-76(127)59(41-140-7)97-62(117)26-27-63(139-43-116)108-74(125)57-39-95-68-66(98-57)80(131)112-87(92)111-68)72(123)105-56(37-48-38-93-42-96-48)83(134)114-33-17-24-61(114)78(129)107-58(40-115)75(126)99-50(21-12-14-30-89)71(122)109-65(46(5)6)79(130)110-67(85(137)138)81(132)106-55(35-45(3)4)82(133)113-32-16-23-60(113)77(128)102-52(84(135)136)22-15-31-94-86(90)91/h8-10,18-19,38-39,42-46,49-56,58-61,63,65,67,115H,11-17,20-37,40-41,88-89H2,1-7H3,(H,93,96)(H,97,117)(H,99,126)(H,100,127)(H,101,120)(H,102,128)(H,103,124)(H,104,121)(H,105,123)(H,106,132)(H,107,129)(H,108,125)(H,109,122)(H,110,130)(H,118,119)(H,135,136)(H,137,138)(H4,90,91,94)(H3,92,95,111,112,131)/t49-,50-,51-,52-,53-,54-,55-,56-,58-,59-,60-,61-,63+,65-,67+/m0/s1. The van der Waals surface area contributed by atoms with Gasteiger partial charge in [-0.05, 0) is 139 Å². The van der Waals surface area contributed by atoms with Crippen molar-refractivity contribution in [1.29, 1.82) is 5.41 Å². The van der Waals surface area contributed by atoms with E-state index in [0.717, 1.165) is 27.8 Å². The molecule has 770 valence electrons. The number of unbranched alkanes of at least 4 members (excludes halogenated alkanes) is 2. The molecule has 2 aliphatic heterocycles. The molecule has 2 fully saturated rings. The Morgan fingerprint density at radius 3 is 1.61 bits per heavy atom. The maximum absolute atomic E-state index is 15.2. The van der Waals surface area contributed by atoms with Crippen LogP contribution in [0.5, 0.6) is 5.88 Å². The Morgan fingerprint density at radius 2 is 1.08 bits per heavy atom. The molecule has 0 bridgehead atoms. The van der Waals surface area contributed by atoms with Gasteiger partial charge >= 0.3 is 17.9 Å². The number of nitrogens with two attached hydrogens (primary N) is 4. The Balaban J connectivity index is 1.15. The van der Waals surface area contributed by atoms with Crippen molar-refractivity contribution in [1.82, 2.24) is 114 Å². The minimum absolute atomic E-state index is 0.00356. The van der Waals surface area contributed by atoms with Crippen LogP contribution in [-0.4, -0.2) is 326 Å². The summed E-state index contributed by atoms with van der Waals surface area (Å²) < 4.78 is 5.01. The fourth-order valence-electron chi connectivity index (χ4n) is 15.4. The molecule has 15 atom stereocenters. The number of nitrogens with zero attached hydrogens (tertiary/aromatic N) is 7. The molecule has 5 heterocycles. The molecule has 0 saturated carbocycles. The van der Waals surface area contributed by atoms with Crippen LogP contribution in [0.3, 0.4) is 0 Å². The number of anilines is 1. The minimum atomic E-state index is -2.41. The molecule has 2 saturated heterocycles. The van der Waals surface area contributed by atoms with Crippen molar-refractivity contribution >= 4 is 148 Å². The number of fused-ring (bicyclic) bond motifs is 1. The number of imidazole rings is 1. The zero-order chi connectivity index (χ0) is 104. The van der Waals surface area contributed by atoms with Crippen molar-refractivity contribution in [3.05, 3.63) is 66.0 Å². The number of benzene rings is 1. The van der Waals surface area contributed by atoms with Crippen molar-refractivity contribution in [3.63, 3.8) is 0 Å². The van der Waals surface area contributed by atoms with Gasteiger partial charge in [0, 0.05) is 69.4 Å². The Kier molecular flexibility index (Phi) is 47.4. The number of aromatic amines is 1. The molecule has 53 heteroatoms. The van der Waals surface area contributed by atoms with Crippen LogP contribution < -0.4 is 97.4 Å². The summed E-state index contributed by atoms with van der Waals surface area (Å²) in [4.78, 5) is 289. The second kappa shape index (κ2) is 57.9. The first-order valence-corrected chi connectivity index (χ1v) is 47.3. The van der Waals surface area contributed by atoms with E-state index in [0.29, 0.717) is 30.5 Å². The highest BCUT2D eigenvalue weighted by Crippen LogP contribution is 2.25. The number of hydrogen-bond acceptors (Lipinski definition) is 32. The van der Waals surface area contributed by atoms with E-state index in [1.165, 1.54) is 26.4 Å². The van der Waals surface area contributed by atoms with Crippen molar-refractivity contribution in [3.8, 4) is 5.88 Å². The van der Waals surface area contributed by atoms with E-state index < -0.39 is 235 Å². The van der Waals surface area contributed by atoms with Crippen molar-refractivity contribution in [2.24, 2.45) is 35.0 Å². The van der Waals surface area contributed by atoms with E-state index in [1.54, 1.807) is 64.3 Å². The van der Waals surface area contributed by atoms with Crippen LogP contribution in [-0.2, 0) is 104 Å². The molecule has 0 radical (unpaired) electrons. The number of carbonyl (C=O) groups is 19. The minimum Gasteiger partial charge on any atom is -0.492 e. The number of nitrogens with one attached hydrogen (secondary N) is 16. The monoisotopic (exact) mass is 1990 g/mol. The van der Waals surface area contributed by atoms with Crippen LogP contribution in [0.2, 0.25) is 0 Å². The fourth-order valence-corrected chi connectivity index (χ4v) is 15.9. The first kappa shape index (κ1) is 115. The number of aliphatic hydroxyl groups is 1. The van der Waals surface area contributed by atoms with Gasteiger partial charge in [-0.1, -0.05) is 71.9 Å². The summed E-state index contributed by atoms with van der Waals surface area (Å²) in [6, 6.07) is -14.0. The number of rotatable bonds is 61. The van der Waals surface area contributed by atoms with Gasteiger partial charge in [-0.25, -0.2) is 24.5 Å². The van der Waals surface area contributed by atoms with Gasteiger partial charge in [0.2, 0.25) is 94.7 Å². The largest absolute Gasteiger partial charge is 0.492 e. The van der Waals surface area contributed by atoms with E-state index >= 15 is 14.4 Å². The van der Waals surface area contributed by atoms with E-state index in [-0.39, 0.29) is 175 Å². The van der Waals surface area contributed by atoms with Gasteiger partial charge in [0.25, 0.3) is 18.3 Å². The second-order valence-corrected chi connectivity index (χ2v) is 35.7. The number of nitrogen functional groups attached to an aromatic ring is 1. The maximum atomic E-state index is 15.2. The third-order valence-corrected chi connectivity index (χ3v) is 23.2. The van der Waals surface area contributed by atoms with E-state index in [1.807, 2.05) is 0 Å². The Morgan fingerprint density at radius 1 is 0.557 bits per heavy atom. The summed E-state index contributed by atoms with van der Waals surface area (Å²) in [6.45, 7) is 8.94. The highest BCUT2D eigenvalue weighted by molar-refractivity contribution is 7.98. The van der Waals surface area contributed by atoms with Gasteiger partial charge in [0.1, 0.15) is 84.2 Å². The first-order valence-electron chi connectivity index (χ1n) is 45.9. The average Bonchev–Trinajstić information content (AvgIpc) is 1.79. The lowest BCUT2D eigenvalue weighted by molar-refractivity contribution is -0.149. The zero-order valence-corrected chi connectivity index (χ0v) is 79.7. The number of aliphatic carboxylic acids is 3. The molecule has 2 aliphatic rings. The number of ether oxygens (including phenoxy) is 1. The lowest BCUT2D eigenvalue weighted by Gasteiger charge is -2.31. The number of carboxylic acids is 3. The normalized spacial score (nSPS) is 16.2. The van der Waals surface area contributed by atoms with Crippen LogP contribution >= 0.6 is 11.8 Å². The van der Waals surface area contributed by atoms with E-state index in [4.69, 9.17) is 33.1 Å². The SMILES string of the molecule is CSC[C@H](NC(=O)CC[C@H](NC(=O)c1cnc2nc(N)nc(O)c2n1)OC=O)C(=O)N[C@@H](CCCCN)C(=O)N[C@@H](CCC(=O)O)C(=O)N[C@@H](Cc1ccccc1)C(=O)N[C@@H](CC(C)C)C(=O)N[C@@H](Cc1cnc[nH]1)C(=O)N1CCC[C@H]1C(=O)N[C@@H](CO)C(=O)N[C@@H](CCCCN)C(=O)N[C@H](C(=O)N[C@@H](C(=O)O)C(=O)N[C@@H](CC(C)C)C(=O)N1CCC[C@H]1C(=O)N[C@@H](CCCNC(=N)N)C(=O)O)C(C)C. The van der Waals surface area contributed by atoms with Crippen LogP contribution in [0.25, 0.3) is 11.2 Å². The van der Waals surface area contributed by atoms with E-state index in [9.17, 15) is 102 Å². The zero-order valence-electron chi connectivity index (χ0n) is 78.9. The molecule has 3 aromatic heterocycles. The van der Waals surface area contributed by atoms with Crippen LogP contribution in [0.15, 0.2) is 49.1 Å². The number of likely N-dealkylation sites (tertiary alicyclic amines) is 2. The number of aliphatic hydroxyl groups excluding tert-OH is 1. The summed E-state index contributed by atoms with van der Waals surface area (Å²) in [5.74, 6) is -22.6. The van der Waals surface area contributed by atoms with Gasteiger partial charge < -0.3 is 142 Å². The molecular weight excluding hydrogens is 1860 g/mol. The number of carboxylic acid groups (broad SMARTS) is 3. The number of thioether (sulfide) groups is 1. The molecule has 29 N–H and O–H groups in total. The summed E-state index contributed by atoms with van der Waals surface area (Å²) in [5.41, 5.74) is 22.5. The summed E-state index contributed by atoms with van der Waals surface area (Å²) in [5, 5.41) is 93.7. The molecule has 0 aliphatic carbocycles. The summed E-state index contributed by atoms with van der Waals surface area (Å²) in [6.07, 6.45) is 2.22. The number of hydrogen-bond donors (Lipinski definition) is 25. The molecule has 0 spiro atoms. The Bertz CT molecular complexity index is 4950. The molecule has 6 rings (SSSR count). The van der Waals surface area contributed by atoms with Crippen LogP contribution in [0.4, 0.5) is 5.95 Å². The number of carbonyl (C=O) groups excluding carboxylic acids is 16. The molecule has 52 nitrogen and oxygen atoms in total. The quantitative estimate of drug-likeness (QED) is 0.00489. The van der Waals surface area contributed by atoms with Gasteiger partial charge in [-0.2, -0.15) is 21.7 Å².